The fraction of sp³-hybridized carbons (Fsp3) is 0.429. The molecule has 0 saturated heterocycles. The van der Waals surface area contributed by atoms with Gasteiger partial charge in [0.25, 0.3) is 5.91 Å². The molecular formula is C14H20NO2. The number of rotatable bonds is 7. The van der Waals surface area contributed by atoms with Crippen LogP contribution in [-0.4, -0.2) is 19.6 Å². The van der Waals surface area contributed by atoms with E-state index in [0.29, 0.717) is 17.9 Å². The first-order chi connectivity index (χ1) is 8.29. The van der Waals surface area contributed by atoms with Gasteiger partial charge in [-0.25, -0.2) is 0 Å². The number of benzene rings is 1. The standard InChI is InChI=1S/C14H20NO2/c1-3-4-5-8-11-15-14(16)12-9-6-7-10-13(12)17-2/h6-7,9-10H,1,3-5,8,11H2,2H3,(H,15,16). The predicted molar refractivity (Wildman–Crippen MR) is 69.2 cm³/mol. The van der Waals surface area contributed by atoms with E-state index in [1.165, 1.54) is 0 Å². The van der Waals surface area contributed by atoms with Gasteiger partial charge in [0.05, 0.1) is 12.7 Å². The van der Waals surface area contributed by atoms with Crippen LogP contribution in [0.3, 0.4) is 0 Å². The van der Waals surface area contributed by atoms with Crippen molar-refractivity contribution in [2.24, 2.45) is 0 Å². The second kappa shape index (κ2) is 7.71. The number of hydrogen-bond donors (Lipinski definition) is 1. The van der Waals surface area contributed by atoms with Gasteiger partial charge in [0.15, 0.2) is 0 Å². The van der Waals surface area contributed by atoms with Crippen molar-refractivity contribution in [2.75, 3.05) is 13.7 Å². The molecule has 1 N–H and O–H groups in total. The Morgan fingerprint density at radius 3 is 2.76 bits per heavy atom. The van der Waals surface area contributed by atoms with E-state index in [2.05, 4.69) is 12.2 Å². The average Bonchev–Trinajstić information content (AvgIpc) is 2.38. The molecule has 0 aliphatic carbocycles. The Labute approximate surface area is 103 Å². The summed E-state index contributed by atoms with van der Waals surface area (Å²) in [7, 11) is 1.57. The van der Waals surface area contributed by atoms with Crippen LogP contribution in [0.25, 0.3) is 0 Å². The molecule has 17 heavy (non-hydrogen) atoms. The predicted octanol–water partition coefficient (Wildman–Crippen LogP) is 2.82. The number of carbonyl (C=O) groups excluding carboxylic acids is 1. The molecule has 0 aliphatic rings. The molecule has 1 rings (SSSR count). The molecule has 1 radical (unpaired) electrons. The van der Waals surface area contributed by atoms with Crippen molar-refractivity contribution < 1.29 is 9.53 Å². The zero-order valence-electron chi connectivity index (χ0n) is 10.4. The summed E-state index contributed by atoms with van der Waals surface area (Å²) in [6, 6.07) is 7.24. The molecule has 1 amide bonds. The third kappa shape index (κ3) is 4.47. The summed E-state index contributed by atoms with van der Waals surface area (Å²) >= 11 is 0. The Morgan fingerprint density at radius 2 is 2.06 bits per heavy atom. The molecule has 0 saturated carbocycles. The lowest BCUT2D eigenvalue weighted by Crippen LogP contribution is -2.24. The van der Waals surface area contributed by atoms with Gasteiger partial charge in [0, 0.05) is 6.54 Å². The van der Waals surface area contributed by atoms with Crippen LogP contribution in [0.2, 0.25) is 0 Å². The molecule has 0 atom stereocenters. The molecular weight excluding hydrogens is 214 g/mol. The number of unbranched alkanes of at least 4 members (excludes halogenated alkanes) is 3. The lowest BCUT2D eigenvalue weighted by molar-refractivity contribution is 0.0950. The Balaban J connectivity index is 2.41. The summed E-state index contributed by atoms with van der Waals surface area (Å²) in [6.07, 6.45) is 4.18. The minimum absolute atomic E-state index is 0.0722. The molecule has 93 valence electrons. The van der Waals surface area contributed by atoms with E-state index in [0.717, 1.165) is 25.7 Å². The minimum Gasteiger partial charge on any atom is -0.496 e. The maximum Gasteiger partial charge on any atom is 0.255 e. The molecule has 0 fully saturated rings. The van der Waals surface area contributed by atoms with E-state index in [1.54, 1.807) is 19.2 Å². The highest BCUT2D eigenvalue weighted by atomic mass is 16.5. The van der Waals surface area contributed by atoms with Crippen molar-refractivity contribution in [2.45, 2.75) is 25.7 Å². The first kappa shape index (κ1) is 13.6. The third-order valence-corrected chi connectivity index (χ3v) is 2.56. The highest BCUT2D eigenvalue weighted by molar-refractivity contribution is 5.96. The molecule has 0 spiro atoms. The van der Waals surface area contributed by atoms with Gasteiger partial charge < -0.3 is 10.1 Å². The van der Waals surface area contributed by atoms with Crippen molar-refractivity contribution in [1.29, 1.82) is 0 Å². The van der Waals surface area contributed by atoms with E-state index in [4.69, 9.17) is 4.74 Å². The lowest BCUT2D eigenvalue weighted by atomic mass is 10.1. The number of hydrogen-bond acceptors (Lipinski definition) is 2. The van der Waals surface area contributed by atoms with Crippen molar-refractivity contribution in [3.05, 3.63) is 36.8 Å². The zero-order chi connectivity index (χ0) is 12.5. The number of methoxy groups -OCH3 is 1. The third-order valence-electron chi connectivity index (χ3n) is 2.56. The molecule has 0 bridgehead atoms. The van der Waals surface area contributed by atoms with E-state index < -0.39 is 0 Å². The van der Waals surface area contributed by atoms with Crippen molar-refractivity contribution in [3.63, 3.8) is 0 Å². The number of para-hydroxylation sites is 1. The molecule has 0 heterocycles. The summed E-state index contributed by atoms with van der Waals surface area (Å²) in [5, 5.41) is 2.89. The fourth-order valence-corrected chi connectivity index (χ4v) is 1.61. The highest BCUT2D eigenvalue weighted by Crippen LogP contribution is 2.16. The van der Waals surface area contributed by atoms with Crippen LogP contribution in [0.1, 0.15) is 36.0 Å². The molecule has 1 aromatic carbocycles. The Hall–Kier alpha value is -1.51. The van der Waals surface area contributed by atoms with Crippen LogP contribution >= 0.6 is 0 Å². The second-order valence-corrected chi connectivity index (χ2v) is 3.87. The number of carbonyl (C=O) groups is 1. The van der Waals surface area contributed by atoms with E-state index in [1.807, 2.05) is 12.1 Å². The number of amides is 1. The largest absolute Gasteiger partial charge is 0.496 e. The summed E-state index contributed by atoms with van der Waals surface area (Å²) < 4.78 is 5.14. The summed E-state index contributed by atoms with van der Waals surface area (Å²) in [5.41, 5.74) is 0.590. The van der Waals surface area contributed by atoms with Gasteiger partial charge in [0.1, 0.15) is 5.75 Å². The van der Waals surface area contributed by atoms with Gasteiger partial charge in [-0.2, -0.15) is 0 Å². The van der Waals surface area contributed by atoms with Gasteiger partial charge in [-0.05, 0) is 18.6 Å². The summed E-state index contributed by atoms with van der Waals surface area (Å²) in [5.74, 6) is 0.542. The highest BCUT2D eigenvalue weighted by Gasteiger charge is 2.09. The van der Waals surface area contributed by atoms with E-state index in [-0.39, 0.29) is 5.91 Å². The molecule has 3 nitrogen and oxygen atoms in total. The number of ether oxygens (including phenoxy) is 1. The minimum atomic E-state index is -0.0722. The maximum atomic E-state index is 11.9. The maximum absolute atomic E-state index is 11.9. The summed E-state index contributed by atoms with van der Waals surface area (Å²) in [6.45, 7) is 4.49. The van der Waals surface area contributed by atoms with Crippen molar-refractivity contribution in [3.8, 4) is 5.75 Å². The molecule has 3 heteroatoms. The first-order valence-electron chi connectivity index (χ1n) is 6.00. The van der Waals surface area contributed by atoms with Gasteiger partial charge in [-0.3, -0.25) is 4.79 Å². The molecule has 1 aromatic rings. The van der Waals surface area contributed by atoms with Crippen LogP contribution in [0.15, 0.2) is 24.3 Å². The normalized spacial score (nSPS) is 10.0. The van der Waals surface area contributed by atoms with Gasteiger partial charge in [-0.1, -0.05) is 38.3 Å². The Bertz CT molecular complexity index is 350. The van der Waals surface area contributed by atoms with Crippen LogP contribution < -0.4 is 10.1 Å². The fourth-order valence-electron chi connectivity index (χ4n) is 1.61. The quantitative estimate of drug-likeness (QED) is 0.737. The van der Waals surface area contributed by atoms with Crippen molar-refractivity contribution in [1.82, 2.24) is 5.32 Å². The smallest absolute Gasteiger partial charge is 0.255 e. The van der Waals surface area contributed by atoms with Gasteiger partial charge >= 0.3 is 0 Å². The van der Waals surface area contributed by atoms with E-state index >= 15 is 0 Å². The SMILES string of the molecule is [CH2]CCCCCNC(=O)c1ccccc1OC. The molecule has 0 aromatic heterocycles. The first-order valence-corrected chi connectivity index (χ1v) is 6.00. The summed E-state index contributed by atoms with van der Waals surface area (Å²) in [4.78, 5) is 11.9. The average molecular weight is 234 g/mol. The van der Waals surface area contributed by atoms with Gasteiger partial charge in [0.2, 0.25) is 0 Å². The second-order valence-electron chi connectivity index (χ2n) is 3.87. The molecule has 0 aliphatic heterocycles. The van der Waals surface area contributed by atoms with Gasteiger partial charge in [-0.15, -0.1) is 0 Å². The van der Waals surface area contributed by atoms with Crippen LogP contribution in [0, 0.1) is 6.92 Å². The van der Waals surface area contributed by atoms with Crippen molar-refractivity contribution >= 4 is 5.91 Å². The Kier molecular flexibility index (Phi) is 6.15. The Morgan fingerprint density at radius 1 is 1.29 bits per heavy atom. The van der Waals surface area contributed by atoms with Crippen LogP contribution in [0.5, 0.6) is 5.75 Å². The molecule has 0 unspecified atom stereocenters. The lowest BCUT2D eigenvalue weighted by Gasteiger charge is -2.08. The van der Waals surface area contributed by atoms with E-state index in [9.17, 15) is 4.79 Å². The number of nitrogens with one attached hydrogen (secondary N) is 1. The van der Waals surface area contributed by atoms with Crippen LogP contribution in [-0.2, 0) is 0 Å². The topological polar surface area (TPSA) is 38.3 Å². The van der Waals surface area contributed by atoms with Crippen LogP contribution in [0.4, 0.5) is 0 Å². The zero-order valence-corrected chi connectivity index (χ0v) is 10.4. The monoisotopic (exact) mass is 234 g/mol.